The Bertz CT molecular complexity index is 679. The Morgan fingerprint density at radius 1 is 1.19 bits per heavy atom. The topological polar surface area (TPSA) is 29.1 Å². The van der Waals surface area contributed by atoms with E-state index in [0.717, 1.165) is 11.6 Å². The van der Waals surface area contributed by atoms with Gasteiger partial charge in [-0.15, -0.1) is 0 Å². The summed E-state index contributed by atoms with van der Waals surface area (Å²) in [7, 11) is -1.00. The minimum absolute atomic E-state index is 0.153. The predicted octanol–water partition coefficient (Wildman–Crippen LogP) is 4.11. The van der Waals surface area contributed by atoms with Crippen molar-refractivity contribution in [1.82, 2.24) is 0 Å². The van der Waals surface area contributed by atoms with Gasteiger partial charge in [-0.25, -0.2) is 8.78 Å². The van der Waals surface area contributed by atoms with Crippen LogP contribution in [0.3, 0.4) is 0 Å². The third kappa shape index (κ3) is 4.25. The number of halogens is 3. The summed E-state index contributed by atoms with van der Waals surface area (Å²) in [5.41, 5.74) is 1.70. The highest BCUT2D eigenvalue weighted by molar-refractivity contribution is 7.83. The minimum atomic E-state index is -1.00. The van der Waals surface area contributed by atoms with Crippen molar-refractivity contribution in [3.05, 3.63) is 64.2 Å². The van der Waals surface area contributed by atoms with E-state index in [9.17, 15) is 13.0 Å². The number of nitrogens with one attached hydrogen (secondary N) is 1. The van der Waals surface area contributed by atoms with Crippen LogP contribution in [0.2, 0.25) is 5.02 Å². The summed E-state index contributed by atoms with van der Waals surface area (Å²) in [6.07, 6.45) is 1.60. The fourth-order valence-electron chi connectivity index (χ4n) is 1.90. The Kier molecular flexibility index (Phi) is 5.31. The molecular weight excluding hydrogens is 316 g/mol. The van der Waals surface area contributed by atoms with E-state index in [1.165, 1.54) is 12.1 Å². The molecule has 0 saturated heterocycles. The summed E-state index contributed by atoms with van der Waals surface area (Å²) in [6, 6.07) is 9.25. The van der Waals surface area contributed by atoms with E-state index >= 15 is 0 Å². The Morgan fingerprint density at radius 2 is 1.95 bits per heavy atom. The maximum Gasteiger partial charge on any atom is 0.163 e. The summed E-state index contributed by atoms with van der Waals surface area (Å²) >= 11 is 6.03. The molecule has 0 radical (unpaired) electrons. The molecule has 2 aromatic carbocycles. The van der Waals surface area contributed by atoms with Gasteiger partial charge in [0.05, 0.1) is 0 Å². The predicted molar refractivity (Wildman–Crippen MR) is 82.9 cm³/mol. The molecule has 6 heteroatoms. The molecule has 0 aliphatic heterocycles. The SMILES string of the molecule is CS(=O)Cc1cc(NCc2cccc(F)c2F)ccc1Cl. The van der Waals surface area contributed by atoms with Gasteiger partial charge in [0, 0.05) is 45.6 Å². The van der Waals surface area contributed by atoms with Crippen molar-refractivity contribution in [2.75, 3.05) is 11.6 Å². The fraction of sp³-hybridized carbons (Fsp3) is 0.200. The smallest absolute Gasteiger partial charge is 0.163 e. The summed E-state index contributed by atoms with van der Waals surface area (Å²) in [5.74, 6) is -1.37. The van der Waals surface area contributed by atoms with E-state index in [1.54, 1.807) is 24.5 Å². The maximum atomic E-state index is 13.5. The number of anilines is 1. The van der Waals surface area contributed by atoms with Crippen LogP contribution in [-0.2, 0) is 23.1 Å². The Balaban J connectivity index is 2.13. The van der Waals surface area contributed by atoms with E-state index in [0.29, 0.717) is 16.5 Å². The molecule has 2 nitrogen and oxygen atoms in total. The van der Waals surface area contributed by atoms with Crippen LogP contribution in [0.1, 0.15) is 11.1 Å². The number of hydrogen-bond acceptors (Lipinski definition) is 2. The molecule has 2 aromatic rings. The van der Waals surface area contributed by atoms with Gasteiger partial charge in [-0.3, -0.25) is 4.21 Å². The third-order valence-electron chi connectivity index (χ3n) is 2.92. The molecule has 0 aliphatic carbocycles. The molecule has 21 heavy (non-hydrogen) atoms. The van der Waals surface area contributed by atoms with Gasteiger partial charge in [-0.1, -0.05) is 23.7 Å². The lowest BCUT2D eigenvalue weighted by Crippen LogP contribution is -2.04. The normalized spacial score (nSPS) is 12.2. The quantitative estimate of drug-likeness (QED) is 0.894. The highest BCUT2D eigenvalue weighted by Crippen LogP contribution is 2.22. The van der Waals surface area contributed by atoms with Gasteiger partial charge in [-0.2, -0.15) is 0 Å². The average Bonchev–Trinajstić information content (AvgIpc) is 2.43. The molecule has 0 fully saturated rings. The first-order valence-corrected chi connectivity index (χ1v) is 8.33. The standard InChI is InChI=1S/C15H14ClF2NOS/c1-21(20)9-11-7-12(5-6-13(11)16)19-8-10-3-2-4-14(17)15(10)18/h2-7,19H,8-9H2,1H3. The van der Waals surface area contributed by atoms with Crippen LogP contribution in [0.25, 0.3) is 0 Å². The highest BCUT2D eigenvalue weighted by atomic mass is 35.5. The van der Waals surface area contributed by atoms with Crippen LogP contribution in [0.15, 0.2) is 36.4 Å². The largest absolute Gasteiger partial charge is 0.381 e. The summed E-state index contributed by atoms with van der Waals surface area (Å²) < 4.78 is 37.9. The summed E-state index contributed by atoms with van der Waals surface area (Å²) in [5, 5.41) is 3.54. The lowest BCUT2D eigenvalue weighted by Gasteiger charge is -2.10. The maximum absolute atomic E-state index is 13.5. The lowest BCUT2D eigenvalue weighted by molar-refractivity contribution is 0.500. The number of rotatable bonds is 5. The Hall–Kier alpha value is -1.46. The van der Waals surface area contributed by atoms with Crippen LogP contribution < -0.4 is 5.32 Å². The molecule has 112 valence electrons. The van der Waals surface area contributed by atoms with Gasteiger partial charge in [-0.05, 0) is 29.8 Å². The molecule has 0 bridgehead atoms. The molecule has 1 N–H and O–H groups in total. The molecule has 1 atom stereocenters. The van der Waals surface area contributed by atoms with Crippen molar-refractivity contribution in [2.24, 2.45) is 0 Å². The Morgan fingerprint density at radius 3 is 2.67 bits per heavy atom. The zero-order valence-corrected chi connectivity index (χ0v) is 12.9. The van der Waals surface area contributed by atoms with Gasteiger partial charge in [0.15, 0.2) is 11.6 Å². The van der Waals surface area contributed by atoms with Crippen LogP contribution in [0, 0.1) is 11.6 Å². The highest BCUT2D eigenvalue weighted by Gasteiger charge is 2.08. The second-order valence-corrected chi connectivity index (χ2v) is 6.43. The van der Waals surface area contributed by atoms with Gasteiger partial charge in [0.1, 0.15) is 0 Å². The van der Waals surface area contributed by atoms with E-state index < -0.39 is 22.4 Å². The van der Waals surface area contributed by atoms with Crippen molar-refractivity contribution in [1.29, 1.82) is 0 Å². The van der Waals surface area contributed by atoms with Crippen LogP contribution >= 0.6 is 11.6 Å². The average molecular weight is 330 g/mol. The zero-order chi connectivity index (χ0) is 15.4. The monoisotopic (exact) mass is 329 g/mol. The second kappa shape index (κ2) is 7.00. The van der Waals surface area contributed by atoms with Crippen molar-refractivity contribution < 1.29 is 13.0 Å². The lowest BCUT2D eigenvalue weighted by atomic mass is 10.2. The molecule has 0 heterocycles. The molecule has 0 aromatic heterocycles. The van der Waals surface area contributed by atoms with E-state index in [2.05, 4.69) is 5.32 Å². The summed E-state index contributed by atoms with van der Waals surface area (Å²) in [4.78, 5) is 0. The van der Waals surface area contributed by atoms with Crippen LogP contribution in [0.4, 0.5) is 14.5 Å². The van der Waals surface area contributed by atoms with Gasteiger partial charge < -0.3 is 5.32 Å². The number of benzene rings is 2. The van der Waals surface area contributed by atoms with E-state index in [-0.39, 0.29) is 12.1 Å². The molecule has 2 rings (SSSR count). The molecule has 1 unspecified atom stereocenters. The first-order chi connectivity index (χ1) is 9.97. The molecule has 0 aliphatic rings. The second-order valence-electron chi connectivity index (χ2n) is 4.59. The van der Waals surface area contributed by atoms with Crippen molar-refractivity contribution >= 4 is 28.1 Å². The van der Waals surface area contributed by atoms with Crippen molar-refractivity contribution in [2.45, 2.75) is 12.3 Å². The van der Waals surface area contributed by atoms with Gasteiger partial charge in [0.25, 0.3) is 0 Å². The first kappa shape index (κ1) is 15.9. The van der Waals surface area contributed by atoms with Crippen molar-refractivity contribution in [3.8, 4) is 0 Å². The third-order valence-corrected chi connectivity index (χ3v) is 4.01. The van der Waals surface area contributed by atoms with Crippen molar-refractivity contribution in [3.63, 3.8) is 0 Å². The minimum Gasteiger partial charge on any atom is -0.381 e. The van der Waals surface area contributed by atoms with E-state index in [1.807, 2.05) is 0 Å². The molecular formula is C15H14ClF2NOS. The van der Waals surface area contributed by atoms with Crippen LogP contribution in [0.5, 0.6) is 0 Å². The van der Waals surface area contributed by atoms with Crippen LogP contribution in [-0.4, -0.2) is 10.5 Å². The van der Waals surface area contributed by atoms with Gasteiger partial charge >= 0.3 is 0 Å². The Labute approximate surface area is 129 Å². The summed E-state index contributed by atoms with van der Waals surface area (Å²) in [6.45, 7) is 0.153. The first-order valence-electron chi connectivity index (χ1n) is 6.22. The van der Waals surface area contributed by atoms with E-state index in [4.69, 9.17) is 11.6 Å². The van der Waals surface area contributed by atoms with Gasteiger partial charge in [0.2, 0.25) is 0 Å². The fourth-order valence-corrected chi connectivity index (χ4v) is 2.84. The number of hydrogen-bond donors (Lipinski definition) is 1. The zero-order valence-electron chi connectivity index (χ0n) is 11.3. The molecule has 0 amide bonds. The molecule has 0 saturated carbocycles. The molecule has 0 spiro atoms.